The second kappa shape index (κ2) is 6.01. The quantitative estimate of drug-likeness (QED) is 0.903. The van der Waals surface area contributed by atoms with Gasteiger partial charge < -0.3 is 9.84 Å². The van der Waals surface area contributed by atoms with E-state index in [1.165, 1.54) is 4.68 Å². The standard InChI is InChI=1S/C14H18N4O3/c1-14(2,3)21-9-8-18-12(10-6-4-5-7-15-10)11(13(19)20)16-17-18/h4-7H,8-9H2,1-3H3,(H,19,20). The van der Waals surface area contributed by atoms with Crippen molar-refractivity contribution in [2.75, 3.05) is 6.61 Å². The molecule has 0 aliphatic rings. The van der Waals surface area contributed by atoms with Crippen molar-refractivity contribution >= 4 is 5.97 Å². The molecule has 21 heavy (non-hydrogen) atoms. The minimum atomic E-state index is -1.13. The average molecular weight is 290 g/mol. The van der Waals surface area contributed by atoms with Gasteiger partial charge in [-0.05, 0) is 32.9 Å². The lowest BCUT2D eigenvalue weighted by Crippen LogP contribution is -2.22. The van der Waals surface area contributed by atoms with Gasteiger partial charge in [0.25, 0.3) is 0 Å². The first-order chi connectivity index (χ1) is 9.88. The number of carbonyl (C=O) groups is 1. The molecule has 0 amide bonds. The van der Waals surface area contributed by atoms with E-state index >= 15 is 0 Å². The van der Waals surface area contributed by atoms with Crippen molar-refractivity contribution in [3.63, 3.8) is 0 Å². The van der Waals surface area contributed by atoms with E-state index in [1.54, 1.807) is 24.4 Å². The number of carboxylic acid groups (broad SMARTS) is 1. The van der Waals surface area contributed by atoms with Crippen molar-refractivity contribution in [1.82, 2.24) is 20.0 Å². The van der Waals surface area contributed by atoms with Crippen molar-refractivity contribution in [2.45, 2.75) is 32.9 Å². The Hall–Kier alpha value is -2.28. The Morgan fingerprint density at radius 2 is 2.14 bits per heavy atom. The summed E-state index contributed by atoms with van der Waals surface area (Å²) < 4.78 is 7.15. The Labute approximate surface area is 122 Å². The van der Waals surface area contributed by atoms with Gasteiger partial charge in [0.1, 0.15) is 5.69 Å². The van der Waals surface area contributed by atoms with Crippen molar-refractivity contribution in [3.8, 4) is 11.4 Å². The van der Waals surface area contributed by atoms with Gasteiger partial charge in [0.15, 0.2) is 5.69 Å². The summed E-state index contributed by atoms with van der Waals surface area (Å²) in [6.07, 6.45) is 1.60. The number of aromatic carboxylic acids is 1. The van der Waals surface area contributed by atoms with Crippen molar-refractivity contribution in [2.24, 2.45) is 0 Å². The summed E-state index contributed by atoms with van der Waals surface area (Å²) in [5.41, 5.74) is 0.544. The van der Waals surface area contributed by atoms with Crippen LogP contribution in [0.5, 0.6) is 0 Å². The van der Waals surface area contributed by atoms with Crippen LogP contribution in [0, 0.1) is 0 Å². The molecule has 2 heterocycles. The molecule has 0 radical (unpaired) electrons. The molecule has 0 unspecified atom stereocenters. The van der Waals surface area contributed by atoms with E-state index in [-0.39, 0.29) is 11.3 Å². The third-order valence-corrected chi connectivity index (χ3v) is 2.68. The van der Waals surface area contributed by atoms with Crippen LogP contribution in [0.4, 0.5) is 0 Å². The monoisotopic (exact) mass is 290 g/mol. The van der Waals surface area contributed by atoms with Gasteiger partial charge in [0, 0.05) is 6.20 Å². The first-order valence-corrected chi connectivity index (χ1v) is 6.60. The smallest absolute Gasteiger partial charge is 0.358 e. The summed E-state index contributed by atoms with van der Waals surface area (Å²) in [5.74, 6) is -1.13. The molecule has 0 aliphatic heterocycles. The fourth-order valence-corrected chi connectivity index (χ4v) is 1.81. The highest BCUT2D eigenvalue weighted by atomic mass is 16.5. The van der Waals surface area contributed by atoms with Crippen molar-refractivity contribution in [1.29, 1.82) is 0 Å². The summed E-state index contributed by atoms with van der Waals surface area (Å²) in [4.78, 5) is 15.4. The number of nitrogens with zero attached hydrogens (tertiary/aromatic N) is 4. The lowest BCUT2D eigenvalue weighted by molar-refractivity contribution is -0.00791. The molecule has 0 saturated carbocycles. The van der Waals surface area contributed by atoms with Crippen LogP contribution in [-0.4, -0.2) is 43.3 Å². The highest BCUT2D eigenvalue weighted by Gasteiger charge is 2.21. The maximum atomic E-state index is 11.3. The zero-order chi connectivity index (χ0) is 15.5. The average Bonchev–Trinajstić information content (AvgIpc) is 2.82. The zero-order valence-corrected chi connectivity index (χ0v) is 12.3. The maximum absolute atomic E-state index is 11.3. The van der Waals surface area contributed by atoms with E-state index in [0.29, 0.717) is 24.5 Å². The van der Waals surface area contributed by atoms with Crippen molar-refractivity contribution in [3.05, 3.63) is 30.1 Å². The van der Waals surface area contributed by atoms with Crippen LogP contribution in [0.1, 0.15) is 31.3 Å². The number of rotatable bonds is 5. The van der Waals surface area contributed by atoms with Gasteiger partial charge in [-0.3, -0.25) is 4.98 Å². The van der Waals surface area contributed by atoms with Crippen LogP contribution in [0.3, 0.4) is 0 Å². The highest BCUT2D eigenvalue weighted by Crippen LogP contribution is 2.20. The van der Waals surface area contributed by atoms with Gasteiger partial charge in [-0.15, -0.1) is 5.10 Å². The molecule has 0 fully saturated rings. The molecule has 0 bridgehead atoms. The SMILES string of the molecule is CC(C)(C)OCCn1nnc(C(=O)O)c1-c1ccccn1. The van der Waals surface area contributed by atoms with Crippen LogP contribution >= 0.6 is 0 Å². The molecule has 7 nitrogen and oxygen atoms in total. The number of ether oxygens (including phenoxy) is 1. The number of pyridine rings is 1. The van der Waals surface area contributed by atoms with Crippen LogP contribution < -0.4 is 0 Å². The normalized spacial score (nSPS) is 11.6. The molecule has 1 N–H and O–H groups in total. The van der Waals surface area contributed by atoms with Gasteiger partial charge >= 0.3 is 5.97 Å². The molecule has 0 aliphatic carbocycles. The summed E-state index contributed by atoms with van der Waals surface area (Å²) in [6.45, 7) is 6.68. The molecule has 0 spiro atoms. The number of hydrogen-bond acceptors (Lipinski definition) is 5. The zero-order valence-electron chi connectivity index (χ0n) is 12.3. The number of hydrogen-bond donors (Lipinski definition) is 1. The molecule has 2 rings (SSSR count). The minimum Gasteiger partial charge on any atom is -0.476 e. The molecule has 2 aromatic rings. The molecule has 0 saturated heterocycles. The third kappa shape index (κ3) is 3.85. The van der Waals surface area contributed by atoms with E-state index in [9.17, 15) is 9.90 Å². The van der Waals surface area contributed by atoms with Gasteiger partial charge in [-0.2, -0.15) is 0 Å². The van der Waals surface area contributed by atoms with E-state index in [0.717, 1.165) is 0 Å². The molecule has 7 heteroatoms. The van der Waals surface area contributed by atoms with E-state index in [2.05, 4.69) is 15.3 Å². The molecular weight excluding hydrogens is 272 g/mol. The lowest BCUT2D eigenvalue weighted by atomic mass is 10.2. The van der Waals surface area contributed by atoms with Gasteiger partial charge in [0.05, 0.1) is 24.4 Å². The molecular formula is C14H18N4O3. The van der Waals surface area contributed by atoms with Gasteiger partial charge in [0.2, 0.25) is 0 Å². The first-order valence-electron chi connectivity index (χ1n) is 6.60. The molecule has 0 atom stereocenters. The molecule has 112 valence electrons. The summed E-state index contributed by atoms with van der Waals surface area (Å²) >= 11 is 0. The predicted molar refractivity (Wildman–Crippen MR) is 75.9 cm³/mol. The summed E-state index contributed by atoms with van der Waals surface area (Å²) in [7, 11) is 0. The minimum absolute atomic E-state index is 0.107. The van der Waals surface area contributed by atoms with Crippen LogP contribution in [0.15, 0.2) is 24.4 Å². The van der Waals surface area contributed by atoms with Crippen LogP contribution in [0.2, 0.25) is 0 Å². The Balaban J connectivity index is 2.28. The van der Waals surface area contributed by atoms with Gasteiger partial charge in [-0.25, -0.2) is 9.48 Å². The van der Waals surface area contributed by atoms with E-state index in [1.807, 2.05) is 20.8 Å². The van der Waals surface area contributed by atoms with Gasteiger partial charge in [-0.1, -0.05) is 11.3 Å². The topological polar surface area (TPSA) is 90.1 Å². The fraction of sp³-hybridized carbons (Fsp3) is 0.429. The molecule has 0 aromatic carbocycles. The second-order valence-corrected chi connectivity index (χ2v) is 5.49. The third-order valence-electron chi connectivity index (χ3n) is 2.68. The predicted octanol–water partition coefficient (Wildman–Crippen LogP) is 1.85. The summed E-state index contributed by atoms with van der Waals surface area (Å²) in [6, 6.07) is 5.28. The first kappa shape index (κ1) is 15.1. The van der Waals surface area contributed by atoms with E-state index < -0.39 is 5.97 Å². The maximum Gasteiger partial charge on any atom is 0.358 e. The number of carboxylic acids is 1. The fourth-order valence-electron chi connectivity index (χ4n) is 1.81. The Morgan fingerprint density at radius 1 is 1.38 bits per heavy atom. The highest BCUT2D eigenvalue weighted by molar-refractivity contribution is 5.92. The lowest BCUT2D eigenvalue weighted by Gasteiger charge is -2.19. The molecule has 2 aromatic heterocycles. The number of aromatic nitrogens is 4. The Morgan fingerprint density at radius 3 is 2.71 bits per heavy atom. The largest absolute Gasteiger partial charge is 0.476 e. The summed E-state index contributed by atoms with van der Waals surface area (Å²) in [5, 5.41) is 16.8. The Bertz CT molecular complexity index is 617. The van der Waals surface area contributed by atoms with Crippen LogP contribution in [-0.2, 0) is 11.3 Å². The van der Waals surface area contributed by atoms with Crippen molar-refractivity contribution < 1.29 is 14.6 Å². The second-order valence-electron chi connectivity index (χ2n) is 5.49. The van der Waals surface area contributed by atoms with Crippen LogP contribution in [0.25, 0.3) is 11.4 Å². The van der Waals surface area contributed by atoms with E-state index in [4.69, 9.17) is 4.74 Å². The Kier molecular flexibility index (Phi) is 4.32.